The molecule has 8 heteroatoms. The zero-order valence-corrected chi connectivity index (χ0v) is 19.5. The minimum atomic E-state index is -3.95. The first-order chi connectivity index (χ1) is 15.9. The van der Waals surface area contributed by atoms with Gasteiger partial charge in [0.2, 0.25) is 5.91 Å². The van der Waals surface area contributed by atoms with Gasteiger partial charge in [0.05, 0.1) is 24.8 Å². The highest BCUT2D eigenvalue weighted by atomic mass is 32.2. The lowest BCUT2D eigenvalue weighted by Gasteiger charge is -2.24. The highest BCUT2D eigenvalue weighted by Crippen LogP contribution is 2.24. The van der Waals surface area contributed by atoms with Gasteiger partial charge in [0, 0.05) is 6.54 Å². The van der Waals surface area contributed by atoms with Crippen molar-refractivity contribution in [2.75, 3.05) is 31.6 Å². The summed E-state index contributed by atoms with van der Waals surface area (Å²) in [5.74, 6) is 0.967. The molecule has 33 heavy (non-hydrogen) atoms. The second-order valence-electron chi connectivity index (χ2n) is 7.33. The lowest BCUT2D eigenvalue weighted by molar-refractivity contribution is -0.119. The smallest absolute Gasteiger partial charge is 0.264 e. The van der Waals surface area contributed by atoms with Gasteiger partial charge in [-0.3, -0.25) is 9.10 Å². The van der Waals surface area contributed by atoms with Gasteiger partial charge in [0.1, 0.15) is 18.0 Å². The van der Waals surface area contributed by atoms with Crippen molar-refractivity contribution in [2.24, 2.45) is 0 Å². The van der Waals surface area contributed by atoms with Crippen LogP contribution in [-0.4, -0.2) is 41.6 Å². The van der Waals surface area contributed by atoms with E-state index < -0.39 is 10.0 Å². The summed E-state index contributed by atoms with van der Waals surface area (Å²) in [6.07, 6.45) is 1.49. The maximum Gasteiger partial charge on any atom is 0.264 e. The summed E-state index contributed by atoms with van der Waals surface area (Å²) in [6, 6.07) is 22.4. The van der Waals surface area contributed by atoms with Gasteiger partial charge in [-0.2, -0.15) is 0 Å². The number of carbonyl (C=O) groups excluding carboxylic acids is 1. The van der Waals surface area contributed by atoms with Crippen LogP contribution in [0, 0.1) is 0 Å². The molecule has 0 aliphatic carbocycles. The minimum Gasteiger partial charge on any atom is -0.497 e. The molecule has 0 aliphatic heterocycles. The number of anilines is 1. The van der Waals surface area contributed by atoms with Crippen LogP contribution in [0.4, 0.5) is 5.69 Å². The van der Waals surface area contributed by atoms with Crippen LogP contribution < -0.4 is 19.1 Å². The van der Waals surface area contributed by atoms with E-state index in [0.717, 1.165) is 28.5 Å². The summed E-state index contributed by atoms with van der Waals surface area (Å²) in [5, 5.41) is 2.83. The van der Waals surface area contributed by atoms with Crippen molar-refractivity contribution in [3.8, 4) is 11.5 Å². The van der Waals surface area contributed by atoms with E-state index >= 15 is 0 Å². The molecule has 174 valence electrons. The molecule has 0 saturated heterocycles. The number of hydrogen-bond donors (Lipinski definition) is 1. The molecule has 3 aromatic carbocycles. The first-order valence-electron chi connectivity index (χ1n) is 10.6. The van der Waals surface area contributed by atoms with Crippen molar-refractivity contribution in [3.63, 3.8) is 0 Å². The fourth-order valence-corrected chi connectivity index (χ4v) is 4.74. The number of nitrogens with zero attached hydrogens (tertiary/aromatic N) is 1. The molecular formula is C25H28N2O5S. The molecule has 0 unspecified atom stereocenters. The summed E-state index contributed by atoms with van der Waals surface area (Å²) in [6.45, 7) is 0.110. The van der Waals surface area contributed by atoms with E-state index in [-0.39, 0.29) is 17.3 Å². The molecular weight excluding hydrogens is 440 g/mol. The molecule has 0 fully saturated rings. The quantitative estimate of drug-likeness (QED) is 0.434. The van der Waals surface area contributed by atoms with Crippen molar-refractivity contribution in [3.05, 3.63) is 84.4 Å². The van der Waals surface area contributed by atoms with E-state index in [9.17, 15) is 13.2 Å². The number of carbonyl (C=O) groups is 1. The third kappa shape index (κ3) is 6.49. The van der Waals surface area contributed by atoms with Crippen LogP contribution in [0.3, 0.4) is 0 Å². The molecule has 1 amide bonds. The normalized spacial score (nSPS) is 11.0. The number of methoxy groups -OCH3 is 2. The number of sulfonamides is 1. The Morgan fingerprint density at radius 1 is 0.879 bits per heavy atom. The van der Waals surface area contributed by atoms with Gasteiger partial charge >= 0.3 is 0 Å². The van der Waals surface area contributed by atoms with E-state index in [1.165, 1.54) is 19.2 Å². The van der Waals surface area contributed by atoms with Crippen molar-refractivity contribution in [2.45, 2.75) is 17.7 Å². The lowest BCUT2D eigenvalue weighted by atomic mass is 10.1. The Bertz CT molecular complexity index is 1150. The summed E-state index contributed by atoms with van der Waals surface area (Å²) in [7, 11) is -0.817. The Morgan fingerprint density at radius 3 is 2.24 bits per heavy atom. The Labute approximate surface area is 195 Å². The maximum absolute atomic E-state index is 13.3. The van der Waals surface area contributed by atoms with Crippen molar-refractivity contribution >= 4 is 21.6 Å². The molecule has 0 radical (unpaired) electrons. The lowest BCUT2D eigenvalue weighted by Crippen LogP contribution is -2.41. The maximum atomic E-state index is 13.3. The second kappa shape index (κ2) is 11.4. The molecule has 0 bridgehead atoms. The molecule has 0 aliphatic rings. The second-order valence-corrected chi connectivity index (χ2v) is 9.19. The third-order valence-electron chi connectivity index (χ3n) is 5.08. The molecule has 7 nitrogen and oxygen atoms in total. The summed E-state index contributed by atoms with van der Waals surface area (Å²) < 4.78 is 38.1. The zero-order chi connectivity index (χ0) is 23.7. The van der Waals surface area contributed by atoms with Gasteiger partial charge in [-0.25, -0.2) is 8.42 Å². The molecule has 0 atom stereocenters. The number of aryl methyl sites for hydroxylation is 1. The molecule has 0 heterocycles. The van der Waals surface area contributed by atoms with E-state index in [1.54, 1.807) is 49.6 Å². The van der Waals surface area contributed by atoms with E-state index in [2.05, 4.69) is 5.32 Å². The highest BCUT2D eigenvalue weighted by molar-refractivity contribution is 7.92. The number of para-hydroxylation sites is 1. The Kier molecular flexibility index (Phi) is 8.32. The van der Waals surface area contributed by atoms with Gasteiger partial charge in [-0.05, 0) is 66.9 Å². The topological polar surface area (TPSA) is 84.9 Å². The zero-order valence-electron chi connectivity index (χ0n) is 18.7. The first-order valence-corrected chi connectivity index (χ1v) is 12.0. The van der Waals surface area contributed by atoms with Crippen LogP contribution in [0.1, 0.15) is 12.0 Å². The Morgan fingerprint density at radius 2 is 1.58 bits per heavy atom. The molecule has 0 aromatic heterocycles. The van der Waals surface area contributed by atoms with Gasteiger partial charge in [-0.15, -0.1) is 0 Å². The van der Waals surface area contributed by atoms with Crippen LogP contribution in [0.15, 0.2) is 83.8 Å². The molecule has 3 aromatic rings. The molecule has 0 spiro atoms. The highest BCUT2D eigenvalue weighted by Gasteiger charge is 2.27. The van der Waals surface area contributed by atoms with E-state index in [4.69, 9.17) is 9.47 Å². The number of benzene rings is 3. The van der Waals surface area contributed by atoms with Crippen LogP contribution in [0.5, 0.6) is 11.5 Å². The molecule has 3 rings (SSSR count). The average molecular weight is 469 g/mol. The van der Waals surface area contributed by atoms with Gasteiger partial charge in [0.15, 0.2) is 0 Å². The van der Waals surface area contributed by atoms with Crippen LogP contribution >= 0.6 is 0 Å². The Hall–Kier alpha value is -3.52. The minimum absolute atomic E-state index is 0.0815. The predicted molar refractivity (Wildman–Crippen MR) is 128 cm³/mol. The van der Waals surface area contributed by atoms with Crippen LogP contribution in [-0.2, 0) is 21.2 Å². The van der Waals surface area contributed by atoms with Gasteiger partial charge < -0.3 is 14.8 Å². The summed E-state index contributed by atoms with van der Waals surface area (Å²) >= 11 is 0. The summed E-state index contributed by atoms with van der Waals surface area (Å²) in [4.78, 5) is 12.7. The number of hydrogen-bond acceptors (Lipinski definition) is 5. The summed E-state index contributed by atoms with van der Waals surface area (Å²) in [5.41, 5.74) is 1.52. The van der Waals surface area contributed by atoms with Gasteiger partial charge in [-0.1, -0.05) is 30.3 Å². The van der Waals surface area contributed by atoms with E-state index in [0.29, 0.717) is 18.0 Å². The van der Waals surface area contributed by atoms with Crippen molar-refractivity contribution in [1.82, 2.24) is 5.32 Å². The Balaban J connectivity index is 1.66. The number of amides is 1. The van der Waals surface area contributed by atoms with Gasteiger partial charge in [0.25, 0.3) is 10.0 Å². The standard InChI is InChI=1S/C25H28N2O5S/c1-31-22-13-15-24(16-14-22)33(29,30)27(21-10-4-3-5-11-21)19-25(28)26-17-7-9-20-8-6-12-23(18-20)32-2/h3-6,8,10-16,18H,7,9,17,19H2,1-2H3,(H,26,28). The fourth-order valence-electron chi connectivity index (χ4n) is 3.32. The SMILES string of the molecule is COc1ccc(S(=O)(=O)N(CC(=O)NCCCc2cccc(OC)c2)c2ccccc2)cc1. The number of nitrogens with one attached hydrogen (secondary N) is 1. The van der Waals surface area contributed by atoms with Crippen LogP contribution in [0.2, 0.25) is 0 Å². The first kappa shape index (κ1) is 24.1. The van der Waals surface area contributed by atoms with Crippen molar-refractivity contribution < 1.29 is 22.7 Å². The largest absolute Gasteiger partial charge is 0.497 e. The molecule has 0 saturated carbocycles. The monoisotopic (exact) mass is 468 g/mol. The van der Waals surface area contributed by atoms with Crippen molar-refractivity contribution in [1.29, 1.82) is 0 Å². The number of ether oxygens (including phenoxy) is 2. The molecule has 1 N–H and O–H groups in total. The average Bonchev–Trinajstić information content (AvgIpc) is 2.85. The van der Waals surface area contributed by atoms with E-state index in [1.807, 2.05) is 24.3 Å². The fraction of sp³-hybridized carbons (Fsp3) is 0.240. The predicted octanol–water partition coefficient (Wildman–Crippen LogP) is 3.65. The van der Waals surface area contributed by atoms with Crippen LogP contribution in [0.25, 0.3) is 0 Å². The number of rotatable bonds is 11. The third-order valence-corrected chi connectivity index (χ3v) is 6.87.